The Labute approximate surface area is 210 Å². The molecule has 0 aliphatic heterocycles. The number of hydrogen-bond donors (Lipinski definition) is 3. The number of benzene rings is 2. The van der Waals surface area contributed by atoms with Crippen molar-refractivity contribution >= 4 is 21.6 Å². The van der Waals surface area contributed by atoms with Crippen LogP contribution in [0.5, 0.6) is 0 Å². The molecule has 0 radical (unpaired) electrons. The van der Waals surface area contributed by atoms with Gasteiger partial charge in [-0.05, 0) is 86.8 Å². The number of fused-ring (bicyclic) bond motifs is 2. The first-order valence-corrected chi connectivity index (χ1v) is 13.5. The van der Waals surface area contributed by atoms with Gasteiger partial charge in [0, 0.05) is 11.8 Å². The van der Waals surface area contributed by atoms with Crippen LogP contribution in [0.3, 0.4) is 0 Å². The van der Waals surface area contributed by atoms with Crippen molar-refractivity contribution in [1.29, 1.82) is 5.26 Å². The van der Waals surface area contributed by atoms with Crippen LogP contribution in [0, 0.1) is 11.3 Å². The SMILES string of the molecule is CC(C)(O)c1cc([S@](N)(=O)=NC(=O)Nc2c3c(c(C#N)c4c2CCC4)CCC3)nn1-c1ccccc1. The van der Waals surface area contributed by atoms with Crippen molar-refractivity contribution in [2.24, 2.45) is 9.50 Å². The maximum atomic E-state index is 13.4. The number of amides is 2. The minimum absolute atomic E-state index is 0.103. The Morgan fingerprint density at radius 2 is 1.72 bits per heavy atom. The van der Waals surface area contributed by atoms with Crippen molar-refractivity contribution in [2.45, 2.75) is 63.0 Å². The van der Waals surface area contributed by atoms with Crippen LogP contribution in [0.25, 0.3) is 5.69 Å². The average molecular weight is 505 g/mol. The third kappa shape index (κ3) is 4.19. The molecule has 0 saturated heterocycles. The molecule has 2 amide bonds. The van der Waals surface area contributed by atoms with Gasteiger partial charge < -0.3 is 10.4 Å². The van der Waals surface area contributed by atoms with E-state index >= 15 is 0 Å². The summed E-state index contributed by atoms with van der Waals surface area (Å²) in [5.41, 5.74) is 5.06. The zero-order valence-corrected chi connectivity index (χ0v) is 21.1. The quantitative estimate of drug-likeness (QED) is 0.493. The van der Waals surface area contributed by atoms with E-state index in [4.69, 9.17) is 5.14 Å². The summed E-state index contributed by atoms with van der Waals surface area (Å²) in [6.07, 6.45) is 4.96. The van der Waals surface area contributed by atoms with Crippen molar-refractivity contribution in [1.82, 2.24) is 9.78 Å². The summed E-state index contributed by atoms with van der Waals surface area (Å²) >= 11 is 0. The minimum Gasteiger partial charge on any atom is -0.384 e. The second-order valence-corrected chi connectivity index (χ2v) is 11.5. The number of carbonyl (C=O) groups is 1. The third-order valence-corrected chi connectivity index (χ3v) is 8.06. The molecule has 4 N–H and O–H groups in total. The Morgan fingerprint density at radius 3 is 2.28 bits per heavy atom. The lowest BCUT2D eigenvalue weighted by atomic mass is 9.93. The van der Waals surface area contributed by atoms with Crippen LogP contribution < -0.4 is 10.5 Å². The van der Waals surface area contributed by atoms with Crippen LogP contribution in [0.2, 0.25) is 0 Å². The van der Waals surface area contributed by atoms with E-state index in [2.05, 4.69) is 20.8 Å². The highest BCUT2D eigenvalue weighted by Crippen LogP contribution is 2.41. The fraction of sp³-hybridized carbons (Fsp3) is 0.346. The summed E-state index contributed by atoms with van der Waals surface area (Å²) in [4.78, 5) is 13.0. The van der Waals surface area contributed by atoms with E-state index in [1.165, 1.54) is 10.7 Å². The molecule has 0 spiro atoms. The standard InChI is InChI=1S/C26H28N6O3S/c1-26(2,34)22-14-23(30-32(22)16-8-4-3-5-9-16)36(28,35)31-25(33)29-24-19-12-6-10-17(19)21(15-27)18-11-7-13-20(18)24/h3-5,8-9,14,34H,6-7,10-13H2,1-2H3,(H3,28,29,31,33,35)/t36-/m1/s1. The average Bonchev–Trinajstić information content (AvgIpc) is 3.58. The molecule has 0 unspecified atom stereocenters. The van der Waals surface area contributed by atoms with E-state index in [1.54, 1.807) is 26.0 Å². The lowest BCUT2D eigenvalue weighted by molar-refractivity contribution is 0.0711. The van der Waals surface area contributed by atoms with Crippen molar-refractivity contribution in [3.8, 4) is 11.8 Å². The predicted octanol–water partition coefficient (Wildman–Crippen LogP) is 3.88. The number of rotatable bonds is 4. The molecule has 0 fully saturated rings. The highest BCUT2D eigenvalue weighted by atomic mass is 32.2. The molecule has 1 heterocycles. The van der Waals surface area contributed by atoms with Crippen molar-refractivity contribution < 1.29 is 14.1 Å². The highest BCUT2D eigenvalue weighted by Gasteiger charge is 2.30. The molecule has 36 heavy (non-hydrogen) atoms. The van der Waals surface area contributed by atoms with Crippen LogP contribution in [0.1, 0.15) is 60.2 Å². The number of aromatic nitrogens is 2. The molecular formula is C26H28N6O3S. The van der Waals surface area contributed by atoms with Crippen molar-refractivity contribution in [3.05, 3.63) is 69.9 Å². The number of nitrogens with one attached hydrogen (secondary N) is 1. The van der Waals surface area contributed by atoms with Gasteiger partial charge in [0.25, 0.3) is 0 Å². The van der Waals surface area contributed by atoms with Crippen molar-refractivity contribution in [3.63, 3.8) is 0 Å². The van der Waals surface area contributed by atoms with E-state index in [9.17, 15) is 19.4 Å². The van der Waals surface area contributed by atoms with Gasteiger partial charge in [-0.15, -0.1) is 4.36 Å². The van der Waals surface area contributed by atoms with E-state index in [1.807, 2.05) is 18.2 Å². The number of carbonyl (C=O) groups excluding carboxylic acids is 1. The summed E-state index contributed by atoms with van der Waals surface area (Å²) < 4.78 is 18.7. The van der Waals surface area contributed by atoms with E-state index < -0.39 is 21.5 Å². The maximum absolute atomic E-state index is 13.4. The minimum atomic E-state index is -3.72. The topological polar surface area (TPSA) is 146 Å². The first-order chi connectivity index (χ1) is 17.1. The second kappa shape index (κ2) is 8.85. The lowest BCUT2D eigenvalue weighted by Crippen LogP contribution is -2.20. The Balaban J connectivity index is 1.54. The number of para-hydroxylation sites is 1. The molecule has 9 nitrogen and oxygen atoms in total. The number of hydrogen-bond acceptors (Lipinski definition) is 5. The molecular weight excluding hydrogens is 476 g/mol. The first kappa shape index (κ1) is 24.2. The Bertz CT molecular complexity index is 1500. The van der Waals surface area contributed by atoms with Gasteiger partial charge in [0.15, 0.2) is 14.9 Å². The Kier molecular flexibility index (Phi) is 5.95. The van der Waals surface area contributed by atoms with E-state index in [-0.39, 0.29) is 5.03 Å². The normalized spacial score (nSPS) is 16.1. The fourth-order valence-corrected chi connectivity index (χ4v) is 6.11. The molecule has 10 heteroatoms. The van der Waals surface area contributed by atoms with Gasteiger partial charge in [0.2, 0.25) is 0 Å². The molecule has 1 atom stereocenters. The zero-order valence-electron chi connectivity index (χ0n) is 20.2. The zero-order chi connectivity index (χ0) is 25.7. The molecule has 2 aromatic carbocycles. The van der Waals surface area contributed by atoms with Crippen LogP contribution in [-0.4, -0.2) is 25.1 Å². The van der Waals surface area contributed by atoms with Gasteiger partial charge >= 0.3 is 6.03 Å². The fourth-order valence-electron chi connectivity index (χ4n) is 5.24. The molecule has 0 bridgehead atoms. The number of aliphatic hydroxyl groups is 1. The first-order valence-electron chi connectivity index (χ1n) is 11.9. The maximum Gasteiger partial charge on any atom is 0.354 e. The molecule has 2 aliphatic rings. The third-order valence-electron chi connectivity index (χ3n) is 6.82. The number of urea groups is 1. The van der Waals surface area contributed by atoms with Gasteiger partial charge in [0.05, 0.1) is 23.0 Å². The summed E-state index contributed by atoms with van der Waals surface area (Å²) in [6.45, 7) is 3.17. The van der Waals surface area contributed by atoms with Gasteiger partial charge in [-0.1, -0.05) is 18.2 Å². The Morgan fingerprint density at radius 1 is 1.14 bits per heavy atom. The highest BCUT2D eigenvalue weighted by molar-refractivity contribution is 7.91. The number of anilines is 1. The monoisotopic (exact) mass is 504 g/mol. The second-order valence-electron chi connectivity index (χ2n) is 9.75. The largest absolute Gasteiger partial charge is 0.384 e. The Hall–Kier alpha value is -3.52. The van der Waals surface area contributed by atoms with E-state index in [0.29, 0.717) is 17.1 Å². The van der Waals surface area contributed by atoms with Crippen LogP contribution in [0.15, 0.2) is 45.8 Å². The molecule has 0 saturated carbocycles. The molecule has 2 aliphatic carbocycles. The summed E-state index contributed by atoms with van der Waals surface area (Å²) in [7, 11) is -3.72. The number of nitrogens with two attached hydrogens (primary N) is 1. The lowest BCUT2D eigenvalue weighted by Gasteiger charge is -2.18. The van der Waals surface area contributed by atoms with Crippen LogP contribution >= 0.6 is 0 Å². The number of nitrogens with zero attached hydrogens (tertiary/aromatic N) is 4. The van der Waals surface area contributed by atoms with Gasteiger partial charge in [-0.25, -0.2) is 18.8 Å². The van der Waals surface area contributed by atoms with Gasteiger partial charge in [-0.3, -0.25) is 0 Å². The van der Waals surface area contributed by atoms with Gasteiger partial charge in [0.1, 0.15) is 5.60 Å². The van der Waals surface area contributed by atoms with Gasteiger partial charge in [-0.2, -0.15) is 10.4 Å². The molecule has 1 aromatic heterocycles. The van der Waals surface area contributed by atoms with Crippen LogP contribution in [0.4, 0.5) is 10.5 Å². The number of nitriles is 1. The summed E-state index contributed by atoms with van der Waals surface area (Å²) in [5.74, 6) is 0. The molecule has 3 aromatic rings. The van der Waals surface area contributed by atoms with Crippen LogP contribution in [-0.2, 0) is 41.2 Å². The summed E-state index contributed by atoms with van der Waals surface area (Å²) in [6, 6.07) is 12.0. The smallest absolute Gasteiger partial charge is 0.354 e. The molecule has 5 rings (SSSR count). The summed E-state index contributed by atoms with van der Waals surface area (Å²) in [5, 5.41) is 33.6. The molecule has 186 valence electrons. The van der Waals surface area contributed by atoms with Crippen molar-refractivity contribution in [2.75, 3.05) is 5.32 Å². The predicted molar refractivity (Wildman–Crippen MR) is 136 cm³/mol. The van der Waals surface area contributed by atoms with E-state index in [0.717, 1.165) is 66.3 Å².